The summed E-state index contributed by atoms with van der Waals surface area (Å²) in [6.07, 6.45) is 2.65. The maximum absolute atomic E-state index is 12.7. The summed E-state index contributed by atoms with van der Waals surface area (Å²) in [5.74, 6) is -0.0634. The minimum absolute atomic E-state index is 0.0214. The van der Waals surface area contributed by atoms with Gasteiger partial charge < -0.3 is 4.90 Å². The minimum Gasteiger partial charge on any atom is -0.312 e. The highest BCUT2D eigenvalue weighted by Crippen LogP contribution is 2.26. The van der Waals surface area contributed by atoms with E-state index in [1.807, 2.05) is 0 Å². The van der Waals surface area contributed by atoms with Crippen LogP contribution in [0.5, 0.6) is 0 Å². The maximum Gasteiger partial charge on any atom is 0.243 e. The average Bonchev–Trinajstić information content (AvgIpc) is 2.94. The highest BCUT2D eigenvalue weighted by Gasteiger charge is 2.36. The van der Waals surface area contributed by atoms with Crippen molar-refractivity contribution in [3.63, 3.8) is 0 Å². The van der Waals surface area contributed by atoms with E-state index in [4.69, 9.17) is 0 Å². The van der Waals surface area contributed by atoms with Gasteiger partial charge in [-0.1, -0.05) is 0 Å². The van der Waals surface area contributed by atoms with Crippen LogP contribution in [-0.4, -0.2) is 58.2 Å². The lowest BCUT2D eigenvalue weighted by molar-refractivity contribution is -0.119. The van der Waals surface area contributed by atoms with E-state index < -0.39 is 25.9 Å². The molecular formula is C16H22N2O5S2. The number of benzene rings is 1. The Morgan fingerprint density at radius 3 is 2.40 bits per heavy atom. The summed E-state index contributed by atoms with van der Waals surface area (Å²) in [7, 11) is -5.51. The molecular weight excluding hydrogens is 364 g/mol. The summed E-state index contributed by atoms with van der Waals surface area (Å²) in [5, 5.41) is 0. The molecule has 0 saturated carbocycles. The second-order valence-electron chi connectivity index (χ2n) is 6.57. The van der Waals surface area contributed by atoms with Crippen LogP contribution in [0.2, 0.25) is 0 Å². The second kappa shape index (κ2) is 6.69. The molecule has 25 heavy (non-hydrogen) atoms. The molecule has 0 aliphatic carbocycles. The summed E-state index contributed by atoms with van der Waals surface area (Å²) >= 11 is 0. The SMILES string of the molecule is CN([C@@H]1CCS(=O)(=O)C1)S(=O)(=O)c1ccc(N2CCCCC2=O)cc1. The van der Waals surface area contributed by atoms with E-state index in [1.54, 1.807) is 17.0 Å². The fourth-order valence-electron chi connectivity index (χ4n) is 3.30. The van der Waals surface area contributed by atoms with Crippen molar-refractivity contribution in [2.75, 3.05) is 30.0 Å². The van der Waals surface area contributed by atoms with Crippen LogP contribution in [0.3, 0.4) is 0 Å². The smallest absolute Gasteiger partial charge is 0.243 e. The van der Waals surface area contributed by atoms with Crippen molar-refractivity contribution in [3.05, 3.63) is 24.3 Å². The first kappa shape index (κ1) is 18.3. The summed E-state index contributed by atoms with van der Waals surface area (Å²) in [6, 6.07) is 5.70. The first-order valence-electron chi connectivity index (χ1n) is 8.30. The second-order valence-corrected chi connectivity index (χ2v) is 10.8. The van der Waals surface area contributed by atoms with Crippen molar-refractivity contribution in [1.82, 2.24) is 4.31 Å². The van der Waals surface area contributed by atoms with Gasteiger partial charge in [0.2, 0.25) is 15.9 Å². The monoisotopic (exact) mass is 386 g/mol. The van der Waals surface area contributed by atoms with E-state index in [-0.39, 0.29) is 22.3 Å². The molecule has 1 atom stereocenters. The number of nitrogens with zero attached hydrogens (tertiary/aromatic N) is 2. The molecule has 0 N–H and O–H groups in total. The van der Waals surface area contributed by atoms with Gasteiger partial charge in [-0.3, -0.25) is 4.79 Å². The summed E-state index contributed by atoms with van der Waals surface area (Å²) in [6.45, 7) is 0.644. The molecule has 1 aromatic carbocycles. The molecule has 2 aliphatic heterocycles. The molecule has 1 amide bonds. The molecule has 7 nitrogen and oxygen atoms in total. The molecule has 2 fully saturated rings. The van der Waals surface area contributed by atoms with Crippen LogP contribution in [-0.2, 0) is 24.7 Å². The molecule has 0 unspecified atom stereocenters. The lowest BCUT2D eigenvalue weighted by atomic mass is 10.1. The minimum atomic E-state index is -3.77. The van der Waals surface area contributed by atoms with Crippen LogP contribution >= 0.6 is 0 Å². The van der Waals surface area contributed by atoms with Crippen LogP contribution in [0.25, 0.3) is 0 Å². The quantitative estimate of drug-likeness (QED) is 0.770. The Morgan fingerprint density at radius 2 is 1.84 bits per heavy atom. The van der Waals surface area contributed by atoms with Crippen molar-refractivity contribution >= 4 is 31.5 Å². The Labute approximate surface area is 148 Å². The molecule has 2 aliphatic rings. The van der Waals surface area contributed by atoms with Crippen LogP contribution in [0.15, 0.2) is 29.2 Å². The molecule has 3 rings (SSSR count). The van der Waals surface area contributed by atoms with E-state index in [2.05, 4.69) is 0 Å². The number of amides is 1. The van der Waals surface area contributed by atoms with E-state index in [0.29, 0.717) is 25.1 Å². The Morgan fingerprint density at radius 1 is 1.16 bits per heavy atom. The molecule has 0 radical (unpaired) electrons. The Balaban J connectivity index is 1.80. The van der Waals surface area contributed by atoms with Crippen LogP contribution in [0.4, 0.5) is 5.69 Å². The van der Waals surface area contributed by atoms with Crippen LogP contribution < -0.4 is 4.90 Å². The zero-order valence-corrected chi connectivity index (χ0v) is 15.7. The number of carbonyl (C=O) groups excluding carboxylic acids is 1. The van der Waals surface area contributed by atoms with E-state index in [1.165, 1.54) is 19.2 Å². The Kier molecular flexibility index (Phi) is 4.91. The fourth-order valence-corrected chi connectivity index (χ4v) is 6.56. The molecule has 0 spiro atoms. The molecule has 2 heterocycles. The van der Waals surface area contributed by atoms with Crippen LogP contribution in [0, 0.1) is 0 Å². The van der Waals surface area contributed by atoms with Crippen molar-refractivity contribution in [1.29, 1.82) is 0 Å². The van der Waals surface area contributed by atoms with E-state index in [9.17, 15) is 21.6 Å². The van der Waals surface area contributed by atoms with Gasteiger partial charge in [0.05, 0.1) is 16.4 Å². The first-order valence-corrected chi connectivity index (χ1v) is 11.6. The molecule has 138 valence electrons. The Hall–Kier alpha value is -1.45. The summed E-state index contributed by atoms with van der Waals surface area (Å²) in [5.41, 5.74) is 0.690. The number of hydrogen-bond acceptors (Lipinski definition) is 5. The maximum atomic E-state index is 12.7. The van der Waals surface area contributed by atoms with Crippen molar-refractivity contribution in [2.24, 2.45) is 0 Å². The van der Waals surface area contributed by atoms with Crippen molar-refractivity contribution in [2.45, 2.75) is 36.6 Å². The Bertz CT molecular complexity index is 862. The fraction of sp³-hybridized carbons (Fsp3) is 0.562. The van der Waals surface area contributed by atoms with Gasteiger partial charge in [-0.15, -0.1) is 0 Å². The molecule has 9 heteroatoms. The van der Waals surface area contributed by atoms with Gasteiger partial charge in [0.25, 0.3) is 0 Å². The van der Waals surface area contributed by atoms with Gasteiger partial charge in [0.15, 0.2) is 9.84 Å². The largest absolute Gasteiger partial charge is 0.312 e. The van der Waals surface area contributed by atoms with Gasteiger partial charge in [0.1, 0.15) is 0 Å². The summed E-state index contributed by atoms with van der Waals surface area (Å²) < 4.78 is 49.8. The zero-order valence-electron chi connectivity index (χ0n) is 14.1. The lowest BCUT2D eigenvalue weighted by Gasteiger charge is -2.27. The molecule has 2 saturated heterocycles. The van der Waals surface area contributed by atoms with Gasteiger partial charge in [0, 0.05) is 31.7 Å². The van der Waals surface area contributed by atoms with Gasteiger partial charge >= 0.3 is 0 Å². The van der Waals surface area contributed by atoms with E-state index >= 15 is 0 Å². The first-order chi connectivity index (χ1) is 11.7. The molecule has 1 aromatic rings. The third-order valence-corrected chi connectivity index (χ3v) is 8.55. The zero-order chi connectivity index (χ0) is 18.2. The normalized spacial score (nSPS) is 24.0. The third-order valence-electron chi connectivity index (χ3n) is 4.87. The van der Waals surface area contributed by atoms with Gasteiger partial charge in [-0.05, 0) is 43.5 Å². The number of piperidine rings is 1. The highest BCUT2D eigenvalue weighted by atomic mass is 32.2. The number of sulfonamides is 1. The average molecular weight is 386 g/mol. The summed E-state index contributed by atoms with van der Waals surface area (Å²) in [4.78, 5) is 13.7. The molecule has 0 bridgehead atoms. The standard InChI is InChI=1S/C16H22N2O5S2/c1-17(14-9-11-24(20,21)12-14)25(22,23)15-7-5-13(6-8-15)18-10-3-2-4-16(18)19/h5-8,14H,2-4,9-12H2,1H3/t14-/m1/s1. The number of hydrogen-bond donors (Lipinski definition) is 0. The lowest BCUT2D eigenvalue weighted by Crippen LogP contribution is -2.38. The van der Waals surface area contributed by atoms with Crippen molar-refractivity contribution in [3.8, 4) is 0 Å². The highest BCUT2D eigenvalue weighted by molar-refractivity contribution is 7.92. The number of rotatable bonds is 4. The number of anilines is 1. The number of sulfone groups is 1. The van der Waals surface area contributed by atoms with Gasteiger partial charge in [-0.25, -0.2) is 16.8 Å². The van der Waals surface area contributed by atoms with Crippen LogP contribution in [0.1, 0.15) is 25.7 Å². The number of carbonyl (C=O) groups is 1. The van der Waals surface area contributed by atoms with Crippen molar-refractivity contribution < 1.29 is 21.6 Å². The van der Waals surface area contributed by atoms with Gasteiger partial charge in [-0.2, -0.15) is 4.31 Å². The molecule has 0 aromatic heterocycles. The predicted octanol–water partition coefficient (Wildman–Crippen LogP) is 1.01. The van der Waals surface area contributed by atoms with E-state index in [0.717, 1.165) is 17.1 Å². The topological polar surface area (TPSA) is 91.8 Å². The predicted molar refractivity (Wildman–Crippen MR) is 94.7 cm³/mol. The third kappa shape index (κ3) is 3.73.